The summed E-state index contributed by atoms with van der Waals surface area (Å²) in [4.78, 5) is 12.1. The first-order valence-electron chi connectivity index (χ1n) is 3.97. The Morgan fingerprint density at radius 1 is 1.00 bits per heavy atom. The van der Waals surface area contributed by atoms with E-state index in [-0.39, 0.29) is 5.95 Å². The van der Waals surface area contributed by atoms with Gasteiger partial charge in [0.05, 0.1) is 0 Å². The number of hydrogen-bond acceptors (Lipinski definition) is 4. The molecule has 0 aliphatic carbocycles. The van der Waals surface area contributed by atoms with Crippen LogP contribution in [0, 0.1) is 0 Å². The Kier molecular flexibility index (Phi) is 3.14. The molecule has 0 aliphatic rings. The highest BCUT2D eigenvalue weighted by atomic mass is 15.1. The van der Waals surface area contributed by atoms with E-state index in [0.29, 0.717) is 24.5 Å². The third kappa shape index (κ3) is 2.66. The van der Waals surface area contributed by atoms with Crippen molar-refractivity contribution in [2.24, 2.45) is 0 Å². The Bertz CT molecular complexity index is 291. The molecule has 4 heteroatoms. The molecule has 0 aliphatic heterocycles. The summed E-state index contributed by atoms with van der Waals surface area (Å²) in [5.74, 6) is 1.56. The average molecular weight is 176 g/mol. The van der Waals surface area contributed by atoms with E-state index in [1.165, 1.54) is 0 Å². The summed E-state index contributed by atoms with van der Waals surface area (Å²) >= 11 is 0. The van der Waals surface area contributed by atoms with Crippen LogP contribution in [0.4, 0.5) is 5.95 Å². The van der Waals surface area contributed by atoms with Gasteiger partial charge in [0, 0.05) is 12.8 Å². The van der Waals surface area contributed by atoms with Gasteiger partial charge in [-0.25, -0.2) is 4.98 Å². The van der Waals surface area contributed by atoms with E-state index in [9.17, 15) is 0 Å². The zero-order valence-corrected chi connectivity index (χ0v) is 7.40. The van der Waals surface area contributed by atoms with E-state index in [2.05, 4.69) is 28.1 Å². The first-order valence-corrected chi connectivity index (χ1v) is 3.97. The lowest BCUT2D eigenvalue weighted by Gasteiger charge is -2.00. The minimum absolute atomic E-state index is 0.253. The molecule has 4 nitrogen and oxygen atoms in total. The molecule has 0 atom stereocenters. The summed E-state index contributed by atoms with van der Waals surface area (Å²) in [7, 11) is 0. The Labute approximate surface area is 77.2 Å². The molecule has 1 aromatic heterocycles. The fourth-order valence-corrected chi connectivity index (χ4v) is 0.929. The van der Waals surface area contributed by atoms with Crippen LogP contribution < -0.4 is 5.73 Å². The minimum Gasteiger partial charge on any atom is -0.368 e. The second kappa shape index (κ2) is 4.35. The number of nitrogens with zero attached hydrogens (tertiary/aromatic N) is 3. The molecule has 0 saturated carbocycles. The van der Waals surface area contributed by atoms with Gasteiger partial charge in [-0.1, -0.05) is 12.2 Å². The lowest BCUT2D eigenvalue weighted by Crippen LogP contribution is -2.06. The summed E-state index contributed by atoms with van der Waals surface area (Å²) in [6.07, 6.45) is 4.67. The third-order valence-electron chi connectivity index (χ3n) is 1.40. The Hall–Kier alpha value is -1.71. The molecule has 0 bridgehead atoms. The van der Waals surface area contributed by atoms with Crippen LogP contribution in [0.3, 0.4) is 0 Å². The Morgan fingerprint density at radius 2 is 1.46 bits per heavy atom. The quantitative estimate of drug-likeness (QED) is 0.692. The van der Waals surface area contributed by atoms with Crippen molar-refractivity contribution in [3.63, 3.8) is 0 Å². The summed E-state index contributed by atoms with van der Waals surface area (Å²) in [5, 5.41) is 0. The van der Waals surface area contributed by atoms with Crippen molar-refractivity contribution in [1.82, 2.24) is 15.0 Å². The van der Waals surface area contributed by atoms with Crippen molar-refractivity contribution in [2.75, 3.05) is 5.73 Å². The predicted molar refractivity (Wildman–Crippen MR) is 52.0 cm³/mol. The minimum atomic E-state index is 0.253. The van der Waals surface area contributed by atoms with Gasteiger partial charge in [0.1, 0.15) is 11.6 Å². The highest BCUT2D eigenvalue weighted by molar-refractivity contribution is 5.17. The van der Waals surface area contributed by atoms with Crippen molar-refractivity contribution < 1.29 is 0 Å². The predicted octanol–water partition coefficient (Wildman–Crippen LogP) is 0.911. The summed E-state index contributed by atoms with van der Waals surface area (Å²) in [6.45, 7) is 7.20. The smallest absolute Gasteiger partial charge is 0.223 e. The monoisotopic (exact) mass is 176 g/mol. The molecule has 0 radical (unpaired) electrons. The van der Waals surface area contributed by atoms with Gasteiger partial charge in [-0.3, -0.25) is 0 Å². The Morgan fingerprint density at radius 3 is 1.85 bits per heavy atom. The highest BCUT2D eigenvalue weighted by Crippen LogP contribution is 1.99. The summed E-state index contributed by atoms with van der Waals surface area (Å²) in [5.41, 5.74) is 5.49. The van der Waals surface area contributed by atoms with Gasteiger partial charge in [0.15, 0.2) is 0 Å². The molecule has 0 saturated heterocycles. The average Bonchev–Trinajstić information content (AvgIpc) is 2.04. The third-order valence-corrected chi connectivity index (χ3v) is 1.40. The van der Waals surface area contributed by atoms with Gasteiger partial charge in [-0.05, 0) is 0 Å². The number of nitrogen functional groups attached to an aromatic ring is 1. The zero-order chi connectivity index (χ0) is 9.68. The van der Waals surface area contributed by atoms with E-state index in [1.54, 1.807) is 12.2 Å². The molecule has 68 valence electrons. The van der Waals surface area contributed by atoms with Crippen LogP contribution >= 0.6 is 0 Å². The topological polar surface area (TPSA) is 64.7 Å². The molecular formula is C9H12N4. The van der Waals surface area contributed by atoms with Gasteiger partial charge in [0.2, 0.25) is 5.95 Å². The second-order valence-corrected chi connectivity index (χ2v) is 2.51. The molecule has 1 heterocycles. The maximum atomic E-state index is 5.49. The highest BCUT2D eigenvalue weighted by Gasteiger charge is 2.00. The van der Waals surface area contributed by atoms with Gasteiger partial charge in [-0.2, -0.15) is 9.97 Å². The largest absolute Gasteiger partial charge is 0.368 e. The Balaban J connectivity index is 2.95. The van der Waals surface area contributed by atoms with E-state index in [0.717, 1.165) is 0 Å². The first kappa shape index (κ1) is 9.38. The van der Waals surface area contributed by atoms with E-state index >= 15 is 0 Å². The molecule has 1 aromatic rings. The summed E-state index contributed by atoms with van der Waals surface area (Å²) < 4.78 is 0. The standard InChI is InChI=1S/C9H12N4/c1-3-5-7-11-8(6-4-2)13-9(10)12-7/h3-4H,1-2,5-6H2,(H2,10,11,12,13). The normalized spacial score (nSPS) is 9.54. The van der Waals surface area contributed by atoms with Crippen molar-refractivity contribution in [1.29, 1.82) is 0 Å². The van der Waals surface area contributed by atoms with Crippen LogP contribution in [-0.2, 0) is 12.8 Å². The lowest BCUT2D eigenvalue weighted by atomic mass is 10.3. The van der Waals surface area contributed by atoms with Gasteiger partial charge >= 0.3 is 0 Å². The number of hydrogen-bond donors (Lipinski definition) is 1. The van der Waals surface area contributed by atoms with E-state index in [4.69, 9.17) is 5.73 Å². The van der Waals surface area contributed by atoms with Crippen molar-refractivity contribution in [3.8, 4) is 0 Å². The van der Waals surface area contributed by atoms with Crippen LogP contribution in [0.2, 0.25) is 0 Å². The molecule has 0 spiro atoms. The summed E-state index contributed by atoms with van der Waals surface area (Å²) in [6, 6.07) is 0. The van der Waals surface area contributed by atoms with Gasteiger partial charge < -0.3 is 5.73 Å². The second-order valence-electron chi connectivity index (χ2n) is 2.51. The molecule has 0 fully saturated rings. The number of nitrogens with two attached hydrogens (primary N) is 1. The molecule has 13 heavy (non-hydrogen) atoms. The molecule has 0 amide bonds. The zero-order valence-electron chi connectivity index (χ0n) is 7.40. The van der Waals surface area contributed by atoms with Crippen molar-refractivity contribution in [2.45, 2.75) is 12.8 Å². The van der Waals surface area contributed by atoms with E-state index < -0.39 is 0 Å². The van der Waals surface area contributed by atoms with Crippen LogP contribution in [0.5, 0.6) is 0 Å². The maximum absolute atomic E-state index is 5.49. The fourth-order valence-electron chi connectivity index (χ4n) is 0.929. The SMILES string of the molecule is C=CCc1nc(N)nc(CC=C)n1. The molecule has 2 N–H and O–H groups in total. The van der Waals surface area contributed by atoms with Crippen molar-refractivity contribution in [3.05, 3.63) is 37.0 Å². The van der Waals surface area contributed by atoms with Gasteiger partial charge in [0.25, 0.3) is 0 Å². The van der Waals surface area contributed by atoms with Crippen LogP contribution in [0.25, 0.3) is 0 Å². The number of allylic oxidation sites excluding steroid dienone is 2. The maximum Gasteiger partial charge on any atom is 0.223 e. The lowest BCUT2D eigenvalue weighted by molar-refractivity contribution is 0.875. The van der Waals surface area contributed by atoms with E-state index in [1.807, 2.05) is 0 Å². The molecular weight excluding hydrogens is 164 g/mol. The van der Waals surface area contributed by atoms with Gasteiger partial charge in [-0.15, -0.1) is 13.2 Å². The molecule has 0 aromatic carbocycles. The fraction of sp³-hybridized carbons (Fsp3) is 0.222. The van der Waals surface area contributed by atoms with Crippen LogP contribution in [0.1, 0.15) is 11.6 Å². The number of aromatic nitrogens is 3. The van der Waals surface area contributed by atoms with Crippen LogP contribution in [0.15, 0.2) is 25.3 Å². The molecule has 1 rings (SSSR count). The number of rotatable bonds is 4. The first-order chi connectivity index (χ1) is 6.26. The van der Waals surface area contributed by atoms with Crippen molar-refractivity contribution >= 4 is 5.95 Å². The number of anilines is 1. The molecule has 0 unspecified atom stereocenters. The van der Waals surface area contributed by atoms with Crippen LogP contribution in [-0.4, -0.2) is 15.0 Å².